The average molecular weight is 602 g/mol. The Hall–Kier alpha value is -1.51. The molecular formula is C21H21O9S3Y. The fourth-order valence-corrected chi connectivity index (χ4v) is 3.52. The summed E-state index contributed by atoms with van der Waals surface area (Å²) in [5.41, 5.74) is 2.78. The Morgan fingerprint density at radius 2 is 0.559 bits per heavy atom. The van der Waals surface area contributed by atoms with Crippen LogP contribution in [0, 0.1) is 20.8 Å². The van der Waals surface area contributed by atoms with Crippen molar-refractivity contribution >= 4 is 30.4 Å². The van der Waals surface area contributed by atoms with E-state index in [9.17, 15) is 38.9 Å². The molecule has 0 atom stereocenters. The zero-order valence-electron chi connectivity index (χ0n) is 18.4. The number of benzene rings is 3. The van der Waals surface area contributed by atoms with Crippen molar-refractivity contribution in [2.75, 3.05) is 0 Å². The van der Waals surface area contributed by atoms with Crippen molar-refractivity contribution < 1.29 is 71.6 Å². The summed E-state index contributed by atoms with van der Waals surface area (Å²) in [6.07, 6.45) is 0. The largest absolute Gasteiger partial charge is 3.00 e. The van der Waals surface area contributed by atoms with Gasteiger partial charge in [-0.15, -0.1) is 0 Å². The van der Waals surface area contributed by atoms with E-state index in [4.69, 9.17) is 0 Å². The van der Waals surface area contributed by atoms with Crippen LogP contribution in [-0.4, -0.2) is 38.9 Å². The molecule has 0 saturated heterocycles. The molecule has 13 heteroatoms. The average Bonchev–Trinajstić information content (AvgIpc) is 2.68. The summed E-state index contributed by atoms with van der Waals surface area (Å²) < 4.78 is 93.5. The Bertz CT molecular complexity index is 1190. The molecule has 0 aromatic heterocycles. The van der Waals surface area contributed by atoms with Crippen molar-refractivity contribution in [2.24, 2.45) is 0 Å². The van der Waals surface area contributed by atoms with Gasteiger partial charge < -0.3 is 13.7 Å². The monoisotopic (exact) mass is 602 g/mol. The second-order valence-corrected chi connectivity index (χ2v) is 10.9. The first kappa shape index (κ1) is 32.5. The summed E-state index contributed by atoms with van der Waals surface area (Å²) in [6, 6.07) is 17.3. The van der Waals surface area contributed by atoms with Gasteiger partial charge in [0, 0.05) is 0 Å². The molecule has 180 valence electrons. The number of hydrogen-bond acceptors (Lipinski definition) is 9. The maximum absolute atomic E-state index is 10.4. The van der Waals surface area contributed by atoms with E-state index in [2.05, 4.69) is 0 Å². The molecule has 9 nitrogen and oxygen atoms in total. The van der Waals surface area contributed by atoms with E-state index in [1.807, 2.05) is 20.8 Å². The van der Waals surface area contributed by atoms with Crippen LogP contribution in [0.1, 0.15) is 16.7 Å². The molecule has 3 aromatic carbocycles. The molecule has 0 fully saturated rings. The molecule has 0 bridgehead atoms. The van der Waals surface area contributed by atoms with Crippen LogP contribution in [0.5, 0.6) is 0 Å². The van der Waals surface area contributed by atoms with Gasteiger partial charge in [0.2, 0.25) is 0 Å². The maximum Gasteiger partial charge on any atom is 3.00 e. The molecule has 0 heterocycles. The molecule has 0 spiro atoms. The molecule has 0 saturated carbocycles. The Kier molecular flexibility index (Phi) is 12.9. The Morgan fingerprint density at radius 1 is 0.412 bits per heavy atom. The van der Waals surface area contributed by atoms with Crippen LogP contribution in [0.25, 0.3) is 0 Å². The van der Waals surface area contributed by atoms with Crippen LogP contribution in [0.2, 0.25) is 0 Å². The summed E-state index contributed by atoms with van der Waals surface area (Å²) >= 11 is 0. The summed E-state index contributed by atoms with van der Waals surface area (Å²) in [7, 11) is -12.8. The fraction of sp³-hybridized carbons (Fsp3) is 0.143. The standard InChI is InChI=1S/3C7H8O3S.Y/c3*1-6-2-4-7(5-3-6)11(8,9)10;/h3*2-5H,1H3,(H,8,9,10);/q;;;+3/p-3. The second-order valence-electron chi connectivity index (χ2n) is 6.80. The minimum absolute atomic E-state index is 0. The van der Waals surface area contributed by atoms with Gasteiger partial charge in [-0.3, -0.25) is 0 Å². The first-order chi connectivity index (χ1) is 15.0. The summed E-state index contributed by atoms with van der Waals surface area (Å²) in [5.74, 6) is 0. The molecule has 3 aromatic rings. The zero-order chi connectivity index (χ0) is 25.4. The molecule has 0 aliphatic heterocycles. The number of hydrogen-bond donors (Lipinski definition) is 0. The SMILES string of the molecule is Cc1ccc(S(=O)(=O)[O-])cc1.Cc1ccc(S(=O)(=O)[O-])cc1.Cc1ccc(S(=O)(=O)[O-])cc1.[Y+3]. The van der Waals surface area contributed by atoms with Crippen molar-refractivity contribution in [3.63, 3.8) is 0 Å². The Balaban J connectivity index is 0.000000473. The van der Waals surface area contributed by atoms with Crippen molar-refractivity contribution in [2.45, 2.75) is 35.5 Å². The van der Waals surface area contributed by atoms with Gasteiger partial charge in [-0.05, 0) is 57.2 Å². The molecule has 0 radical (unpaired) electrons. The van der Waals surface area contributed by atoms with E-state index in [1.54, 1.807) is 36.4 Å². The molecule has 0 amide bonds. The first-order valence-corrected chi connectivity index (χ1v) is 13.3. The van der Waals surface area contributed by atoms with E-state index in [0.29, 0.717) is 0 Å². The van der Waals surface area contributed by atoms with E-state index in [1.165, 1.54) is 36.4 Å². The minimum Gasteiger partial charge on any atom is -0.744 e. The molecule has 0 unspecified atom stereocenters. The topological polar surface area (TPSA) is 172 Å². The van der Waals surface area contributed by atoms with Crippen LogP contribution in [-0.2, 0) is 63.1 Å². The van der Waals surface area contributed by atoms with Crippen LogP contribution in [0.4, 0.5) is 0 Å². The van der Waals surface area contributed by atoms with E-state index < -0.39 is 30.4 Å². The van der Waals surface area contributed by atoms with Crippen molar-refractivity contribution in [1.29, 1.82) is 0 Å². The van der Waals surface area contributed by atoms with Gasteiger partial charge >= 0.3 is 32.7 Å². The van der Waals surface area contributed by atoms with Crippen molar-refractivity contribution in [3.05, 3.63) is 89.5 Å². The normalized spacial score (nSPS) is 11.1. The Labute approximate surface area is 225 Å². The number of aryl methyl sites for hydroxylation is 3. The van der Waals surface area contributed by atoms with Gasteiger partial charge in [-0.25, -0.2) is 25.3 Å². The third-order valence-corrected chi connectivity index (χ3v) is 6.48. The van der Waals surface area contributed by atoms with E-state index in [0.717, 1.165) is 16.7 Å². The van der Waals surface area contributed by atoms with Gasteiger partial charge in [0.15, 0.2) is 0 Å². The van der Waals surface area contributed by atoms with Gasteiger partial charge in [-0.1, -0.05) is 53.1 Å². The quantitative estimate of drug-likeness (QED) is 0.409. The van der Waals surface area contributed by atoms with Gasteiger partial charge in [0.1, 0.15) is 30.4 Å². The van der Waals surface area contributed by atoms with E-state index in [-0.39, 0.29) is 47.4 Å². The predicted molar refractivity (Wildman–Crippen MR) is 117 cm³/mol. The van der Waals surface area contributed by atoms with Crippen LogP contribution in [0.15, 0.2) is 87.5 Å². The van der Waals surface area contributed by atoms with Gasteiger partial charge in [0.05, 0.1) is 14.7 Å². The molecule has 0 aliphatic rings. The summed E-state index contributed by atoms with van der Waals surface area (Å²) in [4.78, 5) is -0.533. The first-order valence-electron chi connectivity index (χ1n) is 9.08. The van der Waals surface area contributed by atoms with Crippen LogP contribution < -0.4 is 0 Å². The van der Waals surface area contributed by atoms with Crippen LogP contribution in [0.3, 0.4) is 0 Å². The molecule has 34 heavy (non-hydrogen) atoms. The molecular weight excluding hydrogens is 581 g/mol. The third-order valence-electron chi connectivity index (χ3n) is 3.93. The molecule has 0 N–H and O–H groups in total. The van der Waals surface area contributed by atoms with Gasteiger partial charge in [0.25, 0.3) is 0 Å². The minimum atomic E-state index is -4.27. The molecule has 0 aliphatic carbocycles. The summed E-state index contributed by atoms with van der Waals surface area (Å²) in [6.45, 7) is 5.46. The Morgan fingerprint density at radius 3 is 0.676 bits per heavy atom. The van der Waals surface area contributed by atoms with Crippen molar-refractivity contribution in [3.8, 4) is 0 Å². The summed E-state index contributed by atoms with van der Waals surface area (Å²) in [5, 5.41) is 0. The van der Waals surface area contributed by atoms with Gasteiger partial charge in [-0.2, -0.15) is 0 Å². The number of rotatable bonds is 3. The molecule has 3 rings (SSSR count). The maximum atomic E-state index is 10.4. The second kappa shape index (κ2) is 13.5. The van der Waals surface area contributed by atoms with E-state index >= 15 is 0 Å². The predicted octanol–water partition coefficient (Wildman–Crippen LogP) is 2.69. The zero-order valence-corrected chi connectivity index (χ0v) is 23.7. The fourth-order valence-electron chi connectivity index (χ4n) is 2.11. The third kappa shape index (κ3) is 12.3. The smallest absolute Gasteiger partial charge is 0.744 e. The van der Waals surface area contributed by atoms with Crippen LogP contribution >= 0.6 is 0 Å². The van der Waals surface area contributed by atoms with Crippen molar-refractivity contribution in [1.82, 2.24) is 0 Å².